The summed E-state index contributed by atoms with van der Waals surface area (Å²) >= 11 is 0. The van der Waals surface area contributed by atoms with Crippen molar-refractivity contribution < 1.29 is 13.9 Å². The van der Waals surface area contributed by atoms with E-state index >= 15 is 0 Å². The quantitative estimate of drug-likeness (QED) is 0.391. The zero-order valence-corrected chi connectivity index (χ0v) is 17.7. The number of carbonyl (C=O) groups excluding carboxylic acids is 1. The molecule has 0 fully saturated rings. The summed E-state index contributed by atoms with van der Waals surface area (Å²) in [7, 11) is 1.51. The minimum Gasteiger partial charge on any atom is -0.496 e. The number of hydrogen-bond donors (Lipinski definition) is 1. The minimum atomic E-state index is -0.358. The van der Waals surface area contributed by atoms with Gasteiger partial charge in [-0.25, -0.2) is 9.37 Å². The number of aromatic nitrogens is 1. The van der Waals surface area contributed by atoms with Crippen molar-refractivity contribution in [1.29, 1.82) is 0 Å². The van der Waals surface area contributed by atoms with E-state index in [1.54, 1.807) is 17.2 Å². The van der Waals surface area contributed by atoms with Gasteiger partial charge in [0.05, 0.1) is 12.8 Å². The largest absolute Gasteiger partial charge is 0.496 e. The third kappa shape index (κ3) is 4.59. The van der Waals surface area contributed by atoms with Gasteiger partial charge in [0.1, 0.15) is 17.4 Å². The first kappa shape index (κ1) is 21.1. The fourth-order valence-corrected chi connectivity index (χ4v) is 3.53. The van der Waals surface area contributed by atoms with Gasteiger partial charge in [0.15, 0.2) is 0 Å². The molecule has 1 amide bonds. The molecule has 0 unspecified atom stereocenters. The Balaban J connectivity index is 1.64. The number of carbonyl (C=O) groups is 1. The maximum atomic E-state index is 13.6. The molecule has 4 rings (SSSR count). The molecule has 6 heteroatoms. The number of methoxy groups -OCH3 is 1. The van der Waals surface area contributed by atoms with Crippen molar-refractivity contribution in [2.75, 3.05) is 17.3 Å². The molecule has 0 aliphatic heterocycles. The smallest absolute Gasteiger partial charge is 0.228 e. The normalized spacial score (nSPS) is 10.5. The number of pyridine rings is 1. The number of nitrogens with zero attached hydrogens (tertiary/aromatic N) is 2. The van der Waals surface area contributed by atoms with Crippen molar-refractivity contribution >= 4 is 28.8 Å². The Morgan fingerprint density at radius 3 is 2.47 bits per heavy atom. The number of halogens is 1. The van der Waals surface area contributed by atoms with E-state index in [2.05, 4.69) is 10.3 Å². The van der Waals surface area contributed by atoms with Gasteiger partial charge in [0.25, 0.3) is 0 Å². The summed E-state index contributed by atoms with van der Waals surface area (Å²) in [5, 5.41) is 3.28. The van der Waals surface area contributed by atoms with E-state index in [4.69, 9.17) is 4.74 Å². The van der Waals surface area contributed by atoms with Gasteiger partial charge in [-0.15, -0.1) is 0 Å². The number of nitrogens with one attached hydrogen (secondary N) is 1. The average molecular weight is 427 g/mol. The van der Waals surface area contributed by atoms with Crippen LogP contribution < -0.4 is 15.0 Å². The Kier molecular flexibility index (Phi) is 6.12. The fourth-order valence-electron chi connectivity index (χ4n) is 3.53. The number of hydrogen-bond acceptors (Lipinski definition) is 4. The zero-order valence-electron chi connectivity index (χ0n) is 17.7. The maximum absolute atomic E-state index is 13.6. The molecule has 32 heavy (non-hydrogen) atoms. The van der Waals surface area contributed by atoms with Crippen LogP contribution in [-0.2, 0) is 4.79 Å². The van der Waals surface area contributed by atoms with Gasteiger partial charge in [-0.2, -0.15) is 0 Å². The Morgan fingerprint density at radius 2 is 1.72 bits per heavy atom. The SMILES string of the molecule is COc1cc(F)ccc1-c1ccnc(Nc2cccc(N(C(C)=O)c3ccccc3)c2)c1. The van der Waals surface area contributed by atoms with Gasteiger partial charge < -0.3 is 10.1 Å². The lowest BCUT2D eigenvalue weighted by molar-refractivity contribution is -0.115. The monoisotopic (exact) mass is 427 g/mol. The molecule has 160 valence electrons. The summed E-state index contributed by atoms with van der Waals surface area (Å²) in [6.45, 7) is 1.54. The van der Waals surface area contributed by atoms with E-state index < -0.39 is 0 Å². The molecule has 0 aliphatic rings. The van der Waals surface area contributed by atoms with E-state index in [9.17, 15) is 9.18 Å². The summed E-state index contributed by atoms with van der Waals surface area (Å²) in [6, 6.07) is 25.2. The van der Waals surface area contributed by atoms with E-state index in [-0.39, 0.29) is 11.7 Å². The van der Waals surface area contributed by atoms with Crippen LogP contribution in [0.15, 0.2) is 91.1 Å². The van der Waals surface area contributed by atoms with Gasteiger partial charge in [-0.3, -0.25) is 9.69 Å². The Labute approximate surface area is 186 Å². The van der Waals surface area contributed by atoms with Gasteiger partial charge in [-0.05, 0) is 60.2 Å². The van der Waals surface area contributed by atoms with Crippen molar-refractivity contribution in [1.82, 2.24) is 4.98 Å². The standard InChI is InChI=1S/C26H22FN3O2/c1-18(31)30(22-8-4-3-5-9-22)23-10-6-7-21(17-23)29-26-15-19(13-14-28-26)24-12-11-20(27)16-25(24)32-2/h3-17H,1-2H3,(H,28,29). The van der Waals surface area contributed by atoms with Crippen molar-refractivity contribution in [3.8, 4) is 16.9 Å². The molecule has 1 aromatic heterocycles. The third-order valence-electron chi connectivity index (χ3n) is 4.94. The van der Waals surface area contributed by atoms with Gasteiger partial charge in [0.2, 0.25) is 5.91 Å². The molecule has 0 atom stereocenters. The number of para-hydroxylation sites is 1. The van der Waals surface area contributed by atoms with Crippen LogP contribution in [0.3, 0.4) is 0 Å². The van der Waals surface area contributed by atoms with Gasteiger partial charge >= 0.3 is 0 Å². The minimum absolute atomic E-state index is 0.0862. The predicted octanol–water partition coefficient (Wildman–Crippen LogP) is 6.32. The zero-order chi connectivity index (χ0) is 22.5. The fraction of sp³-hybridized carbons (Fsp3) is 0.0769. The summed E-state index contributed by atoms with van der Waals surface area (Å²) in [6.07, 6.45) is 1.68. The van der Waals surface area contributed by atoms with E-state index in [0.29, 0.717) is 11.6 Å². The summed E-state index contributed by atoms with van der Waals surface area (Å²) < 4.78 is 18.9. The number of anilines is 4. The highest BCUT2D eigenvalue weighted by Gasteiger charge is 2.14. The predicted molar refractivity (Wildman–Crippen MR) is 125 cm³/mol. The van der Waals surface area contributed by atoms with Gasteiger partial charge in [-0.1, -0.05) is 24.3 Å². The van der Waals surface area contributed by atoms with Crippen molar-refractivity contribution in [2.45, 2.75) is 6.92 Å². The molecule has 0 bridgehead atoms. The molecule has 1 heterocycles. The van der Waals surface area contributed by atoms with Crippen LogP contribution in [0.25, 0.3) is 11.1 Å². The van der Waals surface area contributed by atoms with Crippen LogP contribution in [0.4, 0.5) is 27.3 Å². The number of rotatable bonds is 6. The first-order valence-corrected chi connectivity index (χ1v) is 10.1. The highest BCUT2D eigenvalue weighted by atomic mass is 19.1. The van der Waals surface area contributed by atoms with Crippen molar-refractivity contribution in [2.24, 2.45) is 0 Å². The van der Waals surface area contributed by atoms with Crippen LogP contribution in [0.5, 0.6) is 5.75 Å². The summed E-state index contributed by atoms with van der Waals surface area (Å²) in [5.74, 6) is 0.615. The van der Waals surface area contributed by atoms with Crippen LogP contribution >= 0.6 is 0 Å². The second kappa shape index (κ2) is 9.31. The Bertz CT molecular complexity index is 1240. The lowest BCUT2D eigenvalue weighted by Crippen LogP contribution is -2.22. The third-order valence-corrected chi connectivity index (χ3v) is 4.94. The maximum Gasteiger partial charge on any atom is 0.228 e. The second-order valence-corrected chi connectivity index (χ2v) is 7.14. The molecule has 0 saturated heterocycles. The molecule has 3 aromatic carbocycles. The first-order chi connectivity index (χ1) is 15.5. The topological polar surface area (TPSA) is 54.5 Å². The lowest BCUT2D eigenvalue weighted by atomic mass is 10.1. The Morgan fingerprint density at radius 1 is 0.938 bits per heavy atom. The van der Waals surface area contributed by atoms with Crippen LogP contribution in [0, 0.1) is 5.82 Å². The molecule has 0 spiro atoms. The molecule has 0 aliphatic carbocycles. The van der Waals surface area contributed by atoms with Crippen molar-refractivity contribution in [3.05, 3.63) is 96.9 Å². The van der Waals surface area contributed by atoms with Crippen molar-refractivity contribution in [3.63, 3.8) is 0 Å². The van der Waals surface area contributed by atoms with E-state index in [1.165, 1.54) is 26.2 Å². The first-order valence-electron chi connectivity index (χ1n) is 10.1. The summed E-state index contributed by atoms with van der Waals surface area (Å²) in [5.41, 5.74) is 3.91. The number of amides is 1. The molecular weight excluding hydrogens is 405 g/mol. The average Bonchev–Trinajstić information content (AvgIpc) is 2.80. The highest BCUT2D eigenvalue weighted by Crippen LogP contribution is 2.33. The molecule has 0 radical (unpaired) electrons. The molecule has 0 saturated carbocycles. The van der Waals surface area contributed by atoms with E-state index in [0.717, 1.165) is 28.2 Å². The van der Waals surface area contributed by atoms with E-state index in [1.807, 2.05) is 66.7 Å². The van der Waals surface area contributed by atoms with Crippen LogP contribution in [-0.4, -0.2) is 18.0 Å². The molecule has 5 nitrogen and oxygen atoms in total. The Hall–Kier alpha value is -4.19. The number of benzene rings is 3. The van der Waals surface area contributed by atoms with Crippen LogP contribution in [0.1, 0.15) is 6.92 Å². The number of ether oxygens (including phenoxy) is 1. The van der Waals surface area contributed by atoms with Gasteiger partial charge in [0, 0.05) is 36.1 Å². The highest BCUT2D eigenvalue weighted by molar-refractivity contribution is 5.99. The summed E-state index contributed by atoms with van der Waals surface area (Å²) in [4.78, 5) is 18.4. The molecule has 4 aromatic rings. The molecular formula is C26H22FN3O2. The second-order valence-electron chi connectivity index (χ2n) is 7.14. The molecule has 1 N–H and O–H groups in total. The van der Waals surface area contributed by atoms with Crippen LogP contribution in [0.2, 0.25) is 0 Å². The lowest BCUT2D eigenvalue weighted by Gasteiger charge is -2.22.